The van der Waals surface area contributed by atoms with Gasteiger partial charge in [-0.2, -0.15) is 5.10 Å². The molecule has 0 saturated carbocycles. The molecule has 3 fully saturated rings. The molecule has 5 N–H and O–H groups in total. The number of piperazine rings is 1. The number of anilines is 4. The van der Waals surface area contributed by atoms with Gasteiger partial charge in [0.05, 0.1) is 28.8 Å². The molecule has 1 aromatic heterocycles. The third-order valence-electron chi connectivity index (χ3n) is 11.8. The van der Waals surface area contributed by atoms with E-state index in [1.165, 1.54) is 30.3 Å². The summed E-state index contributed by atoms with van der Waals surface area (Å²) in [7, 11) is 0. The number of imide groups is 2. The molecule has 4 aliphatic heterocycles. The number of fused-ring (bicyclic) bond motifs is 2. The summed E-state index contributed by atoms with van der Waals surface area (Å²) in [6.45, 7) is 3.63. The quantitative estimate of drug-likeness (QED) is 0.118. The molecule has 4 aliphatic rings. The van der Waals surface area contributed by atoms with Gasteiger partial charge >= 0.3 is 0 Å². The van der Waals surface area contributed by atoms with Crippen LogP contribution in [0.5, 0.6) is 0 Å². The summed E-state index contributed by atoms with van der Waals surface area (Å²) in [6.07, 6.45) is 1.89. The Morgan fingerprint density at radius 1 is 0.794 bits per heavy atom. The number of benzene rings is 4. The number of carbonyl (C=O) groups excluding carboxylic acids is 6. The van der Waals surface area contributed by atoms with Crippen molar-refractivity contribution < 1.29 is 42.3 Å². The maximum Gasteiger partial charge on any atom is 0.262 e. The van der Waals surface area contributed by atoms with Crippen LogP contribution in [-0.2, 0) is 25.5 Å². The summed E-state index contributed by atoms with van der Waals surface area (Å²) in [5, 5.41) is 19.5. The van der Waals surface area contributed by atoms with Gasteiger partial charge < -0.3 is 25.6 Å². The number of hydrogen-bond acceptors (Lipinski definition) is 11. The summed E-state index contributed by atoms with van der Waals surface area (Å²) < 4.78 is 33.3. The van der Waals surface area contributed by atoms with Gasteiger partial charge in [-0.3, -0.25) is 49.0 Å². The fraction of sp³-hybridized carbons (Fsp3) is 0.311. The molecular weight excluding hydrogens is 817 g/mol. The number of aromatic amines is 1. The Hall–Kier alpha value is -7.05. The fourth-order valence-corrected chi connectivity index (χ4v) is 8.61. The average Bonchev–Trinajstić information content (AvgIpc) is 3.76. The molecule has 1 atom stereocenters. The van der Waals surface area contributed by atoms with Gasteiger partial charge in [0.1, 0.15) is 17.7 Å². The number of amides is 6. The van der Waals surface area contributed by atoms with Crippen molar-refractivity contribution >= 4 is 69.2 Å². The second kappa shape index (κ2) is 17.4. The maximum absolute atomic E-state index is 14.0. The molecule has 5 aromatic rings. The normalized spacial score (nSPS) is 18.4. The molecule has 16 nitrogen and oxygen atoms in total. The summed E-state index contributed by atoms with van der Waals surface area (Å²) in [5.41, 5.74) is 4.46. The van der Waals surface area contributed by atoms with Gasteiger partial charge in [0, 0.05) is 80.4 Å². The second-order valence-electron chi connectivity index (χ2n) is 16.1. The highest BCUT2D eigenvalue weighted by Gasteiger charge is 2.44. The van der Waals surface area contributed by atoms with Crippen molar-refractivity contribution in [1.82, 2.24) is 25.3 Å². The Labute approximate surface area is 359 Å². The number of H-pyrrole nitrogens is 1. The first-order valence-corrected chi connectivity index (χ1v) is 20.8. The van der Waals surface area contributed by atoms with Crippen LogP contribution in [0, 0.1) is 11.6 Å². The molecule has 0 bridgehead atoms. The first kappa shape index (κ1) is 41.3. The van der Waals surface area contributed by atoms with Crippen LogP contribution in [0.1, 0.15) is 67.9 Å². The Morgan fingerprint density at radius 2 is 1.56 bits per heavy atom. The van der Waals surface area contributed by atoms with E-state index in [1.54, 1.807) is 6.07 Å². The minimum Gasteiger partial charge on any atom is -0.381 e. The molecule has 0 spiro atoms. The third-order valence-corrected chi connectivity index (χ3v) is 11.8. The molecule has 1 unspecified atom stereocenters. The Bertz CT molecular complexity index is 2650. The molecule has 5 heterocycles. The van der Waals surface area contributed by atoms with E-state index in [-0.39, 0.29) is 54.8 Å². The van der Waals surface area contributed by atoms with E-state index in [1.807, 2.05) is 35.2 Å². The monoisotopic (exact) mass is 859 g/mol. The van der Waals surface area contributed by atoms with Gasteiger partial charge in [-0.05, 0) is 97.5 Å². The molecule has 6 amide bonds. The largest absolute Gasteiger partial charge is 0.381 e. The summed E-state index contributed by atoms with van der Waals surface area (Å²) in [5.74, 6) is -4.09. The highest BCUT2D eigenvalue weighted by molar-refractivity contribution is 6.24. The number of nitrogens with one attached hydrogen (secondary N) is 5. The van der Waals surface area contributed by atoms with Crippen LogP contribution in [0.2, 0.25) is 0 Å². The van der Waals surface area contributed by atoms with Crippen molar-refractivity contribution in [3.8, 4) is 0 Å². The average molecular weight is 860 g/mol. The van der Waals surface area contributed by atoms with Crippen LogP contribution in [0.3, 0.4) is 0 Å². The van der Waals surface area contributed by atoms with Crippen LogP contribution in [-0.4, -0.2) is 113 Å². The van der Waals surface area contributed by atoms with E-state index in [4.69, 9.17) is 4.74 Å². The van der Waals surface area contributed by atoms with E-state index in [2.05, 4.69) is 36.4 Å². The molecule has 0 radical (unpaired) electrons. The third kappa shape index (κ3) is 8.85. The van der Waals surface area contributed by atoms with Gasteiger partial charge in [0.15, 0.2) is 5.82 Å². The van der Waals surface area contributed by atoms with Crippen LogP contribution in [0.15, 0.2) is 72.8 Å². The lowest BCUT2D eigenvalue weighted by Crippen LogP contribution is -2.54. The molecule has 63 heavy (non-hydrogen) atoms. The van der Waals surface area contributed by atoms with E-state index < -0.39 is 41.3 Å². The minimum absolute atomic E-state index is 0.0158. The summed E-state index contributed by atoms with van der Waals surface area (Å²) in [6, 6.07) is 18.0. The standard InChI is InChI=1S/C45H43F2N9O7/c46-27-18-26(19-28(47)21-27)17-25-1-6-36-35(20-25)41(53-52-36)51-42(59)33-5-3-31(23-37(33)48-29-9-15-63-16-10-29)55-13-11-54(12-14-55)24-40(58)49-30-2-4-32-34(22-30)45(62)56(44(32)61)38-7-8-39(57)50-43(38)60/h1-6,18-23,29,38,48H,7-17,24H2,(H,49,58)(H,50,57,60)(H2,51,52,53,59). The van der Waals surface area contributed by atoms with E-state index in [0.717, 1.165) is 35.1 Å². The van der Waals surface area contributed by atoms with Crippen molar-refractivity contribution in [2.75, 3.05) is 66.8 Å². The molecular formula is C45H43F2N9O7. The number of piperidine rings is 1. The van der Waals surface area contributed by atoms with E-state index in [9.17, 15) is 37.5 Å². The van der Waals surface area contributed by atoms with Crippen molar-refractivity contribution in [2.45, 2.75) is 44.2 Å². The molecule has 324 valence electrons. The SMILES string of the molecule is O=C1CCC(N2C(=O)c3ccc(NC(=O)CN4CCN(c5ccc(C(=O)Nc6n[nH]c7ccc(Cc8cc(F)cc(F)c8)cc67)c(NC6CCOCC6)c5)CC4)cc3C2=O)C(=O)N1. The number of hydrogen-bond donors (Lipinski definition) is 5. The highest BCUT2D eigenvalue weighted by atomic mass is 19.1. The smallest absolute Gasteiger partial charge is 0.262 e. The summed E-state index contributed by atoms with van der Waals surface area (Å²) in [4.78, 5) is 82.6. The lowest BCUT2D eigenvalue weighted by molar-refractivity contribution is -0.136. The van der Waals surface area contributed by atoms with E-state index in [0.29, 0.717) is 78.6 Å². The molecule has 4 aromatic carbocycles. The second-order valence-corrected chi connectivity index (χ2v) is 16.1. The van der Waals surface area contributed by atoms with Crippen molar-refractivity contribution in [1.29, 1.82) is 0 Å². The predicted octanol–water partition coefficient (Wildman–Crippen LogP) is 4.44. The van der Waals surface area contributed by atoms with Gasteiger partial charge in [-0.15, -0.1) is 0 Å². The molecule has 18 heteroatoms. The van der Waals surface area contributed by atoms with Crippen LogP contribution < -0.4 is 26.2 Å². The van der Waals surface area contributed by atoms with Crippen LogP contribution in [0.25, 0.3) is 10.9 Å². The fourth-order valence-electron chi connectivity index (χ4n) is 8.61. The van der Waals surface area contributed by atoms with Gasteiger partial charge in [-0.25, -0.2) is 8.78 Å². The number of halogens is 2. The lowest BCUT2D eigenvalue weighted by Gasteiger charge is -2.36. The number of carbonyl (C=O) groups is 6. The van der Waals surface area contributed by atoms with Gasteiger partial charge in [-0.1, -0.05) is 6.07 Å². The number of ether oxygens (including phenoxy) is 1. The first-order valence-electron chi connectivity index (χ1n) is 20.8. The molecule has 9 rings (SSSR count). The number of nitrogens with zero attached hydrogens (tertiary/aromatic N) is 4. The maximum atomic E-state index is 14.0. The number of aromatic nitrogens is 2. The van der Waals surface area contributed by atoms with Gasteiger partial charge in [0.2, 0.25) is 17.7 Å². The predicted molar refractivity (Wildman–Crippen MR) is 228 cm³/mol. The Balaban J connectivity index is 0.840. The lowest BCUT2D eigenvalue weighted by atomic mass is 10.0. The summed E-state index contributed by atoms with van der Waals surface area (Å²) >= 11 is 0. The molecule has 0 aliphatic carbocycles. The van der Waals surface area contributed by atoms with Crippen LogP contribution >= 0.6 is 0 Å². The zero-order valence-corrected chi connectivity index (χ0v) is 34.0. The Morgan fingerprint density at radius 3 is 2.32 bits per heavy atom. The topological polar surface area (TPSA) is 198 Å². The number of rotatable bonds is 11. The van der Waals surface area contributed by atoms with Gasteiger partial charge in [0.25, 0.3) is 17.7 Å². The Kier molecular flexibility index (Phi) is 11.4. The zero-order chi connectivity index (χ0) is 43.8. The molecule has 3 saturated heterocycles. The van der Waals surface area contributed by atoms with Crippen molar-refractivity contribution in [3.63, 3.8) is 0 Å². The minimum atomic E-state index is -1.08. The first-order chi connectivity index (χ1) is 30.4. The van der Waals surface area contributed by atoms with Crippen molar-refractivity contribution in [3.05, 3.63) is 112 Å². The highest BCUT2D eigenvalue weighted by Crippen LogP contribution is 2.32. The van der Waals surface area contributed by atoms with Crippen molar-refractivity contribution in [2.24, 2.45) is 0 Å². The van der Waals surface area contributed by atoms with Crippen LogP contribution in [0.4, 0.5) is 31.7 Å². The van der Waals surface area contributed by atoms with E-state index >= 15 is 0 Å². The zero-order valence-electron chi connectivity index (χ0n) is 34.0.